The second kappa shape index (κ2) is 4.46. The predicted molar refractivity (Wildman–Crippen MR) is 71.0 cm³/mol. The van der Waals surface area contributed by atoms with Crippen molar-refractivity contribution in [2.24, 2.45) is 23.2 Å². The van der Waals surface area contributed by atoms with E-state index in [9.17, 15) is 15.3 Å². The summed E-state index contributed by atoms with van der Waals surface area (Å²) in [5.74, 6) is 0.439. The van der Waals surface area contributed by atoms with Gasteiger partial charge in [-0.05, 0) is 44.4 Å². The highest BCUT2D eigenvalue weighted by molar-refractivity contribution is 5.08. The highest BCUT2D eigenvalue weighted by Crippen LogP contribution is 2.56. The van der Waals surface area contributed by atoms with E-state index in [2.05, 4.69) is 13.8 Å². The summed E-state index contributed by atoms with van der Waals surface area (Å²) in [5, 5.41) is 31.6. The van der Waals surface area contributed by atoms with E-state index in [0.717, 1.165) is 12.8 Å². The van der Waals surface area contributed by atoms with Gasteiger partial charge in [0.15, 0.2) is 0 Å². The molecule has 0 heterocycles. The van der Waals surface area contributed by atoms with Gasteiger partial charge in [-0.1, -0.05) is 20.8 Å². The third-order valence-corrected chi connectivity index (χ3v) is 5.72. The fourth-order valence-corrected chi connectivity index (χ4v) is 4.54. The third kappa shape index (κ3) is 2.00. The van der Waals surface area contributed by atoms with Gasteiger partial charge in [0.1, 0.15) is 0 Å². The Morgan fingerprint density at radius 3 is 2.22 bits per heavy atom. The van der Waals surface area contributed by atoms with Crippen molar-refractivity contribution in [3.8, 4) is 0 Å². The summed E-state index contributed by atoms with van der Waals surface area (Å²) in [6, 6.07) is 0. The smallest absolute Gasteiger partial charge is 0.0679 e. The Balaban J connectivity index is 2.35. The Morgan fingerprint density at radius 1 is 1.06 bits per heavy atom. The lowest BCUT2D eigenvalue weighted by Gasteiger charge is -2.58. The Kier molecular flexibility index (Phi) is 3.54. The van der Waals surface area contributed by atoms with Gasteiger partial charge in [-0.15, -0.1) is 0 Å². The summed E-state index contributed by atoms with van der Waals surface area (Å²) >= 11 is 0. The molecule has 3 nitrogen and oxygen atoms in total. The maximum Gasteiger partial charge on any atom is 0.0679 e. The SMILES string of the molecule is CC(C)[C@@H]1CC[C@@]2(C)[C@H](O)CC[C@@](C)(O)[C@H]2[C@H]1O. The lowest BCUT2D eigenvalue weighted by molar-refractivity contribution is -0.219. The number of aliphatic hydroxyl groups is 3. The first kappa shape index (κ1) is 14.3. The molecule has 0 spiro atoms. The number of fused-ring (bicyclic) bond motifs is 1. The Labute approximate surface area is 110 Å². The number of rotatable bonds is 1. The average molecular weight is 256 g/mol. The molecule has 2 rings (SSSR count). The van der Waals surface area contributed by atoms with E-state index in [1.165, 1.54) is 0 Å². The third-order valence-electron chi connectivity index (χ3n) is 5.72. The van der Waals surface area contributed by atoms with Crippen molar-refractivity contribution >= 4 is 0 Å². The van der Waals surface area contributed by atoms with E-state index in [1.54, 1.807) is 0 Å². The monoisotopic (exact) mass is 256 g/mol. The van der Waals surface area contributed by atoms with Crippen LogP contribution in [0.1, 0.15) is 53.4 Å². The van der Waals surface area contributed by atoms with E-state index in [0.29, 0.717) is 18.8 Å². The molecule has 0 aromatic rings. The molecule has 0 amide bonds. The second-order valence-corrected chi connectivity index (χ2v) is 7.33. The van der Waals surface area contributed by atoms with E-state index in [1.807, 2.05) is 13.8 Å². The maximum absolute atomic E-state index is 10.7. The van der Waals surface area contributed by atoms with Crippen LogP contribution < -0.4 is 0 Å². The fourth-order valence-electron chi connectivity index (χ4n) is 4.54. The van der Waals surface area contributed by atoms with Gasteiger partial charge >= 0.3 is 0 Å². The molecule has 0 bridgehead atoms. The van der Waals surface area contributed by atoms with Crippen molar-refractivity contribution in [3.05, 3.63) is 0 Å². The van der Waals surface area contributed by atoms with Crippen LogP contribution in [0.3, 0.4) is 0 Å². The molecule has 3 heteroatoms. The van der Waals surface area contributed by atoms with Crippen LogP contribution in [-0.4, -0.2) is 33.1 Å². The van der Waals surface area contributed by atoms with Crippen molar-refractivity contribution in [1.29, 1.82) is 0 Å². The quantitative estimate of drug-likeness (QED) is 0.672. The van der Waals surface area contributed by atoms with Crippen molar-refractivity contribution in [1.82, 2.24) is 0 Å². The minimum Gasteiger partial charge on any atom is -0.393 e. The summed E-state index contributed by atoms with van der Waals surface area (Å²) in [6.45, 7) is 8.12. The zero-order chi connectivity index (χ0) is 13.7. The van der Waals surface area contributed by atoms with E-state index >= 15 is 0 Å². The number of hydrogen-bond donors (Lipinski definition) is 3. The topological polar surface area (TPSA) is 60.7 Å². The molecule has 0 saturated heterocycles. The summed E-state index contributed by atoms with van der Waals surface area (Å²) in [7, 11) is 0. The largest absolute Gasteiger partial charge is 0.393 e. The molecular formula is C15H28O3. The van der Waals surface area contributed by atoms with Crippen LogP contribution in [0.2, 0.25) is 0 Å². The van der Waals surface area contributed by atoms with Crippen LogP contribution in [0.5, 0.6) is 0 Å². The standard InChI is InChI=1S/C15H28O3/c1-9(2)10-5-7-14(3)11(16)6-8-15(4,18)13(14)12(10)17/h9-13,16-18H,5-8H2,1-4H3/t10-,11+,12-,13-,14-,15+/m0/s1. The minimum atomic E-state index is -0.860. The molecule has 18 heavy (non-hydrogen) atoms. The molecule has 106 valence electrons. The number of hydrogen-bond acceptors (Lipinski definition) is 3. The van der Waals surface area contributed by atoms with Gasteiger partial charge in [0.2, 0.25) is 0 Å². The number of aliphatic hydroxyl groups excluding tert-OH is 2. The van der Waals surface area contributed by atoms with Crippen molar-refractivity contribution < 1.29 is 15.3 Å². The van der Waals surface area contributed by atoms with Crippen LogP contribution in [0.15, 0.2) is 0 Å². The first-order valence-electron chi connectivity index (χ1n) is 7.28. The van der Waals surface area contributed by atoms with Gasteiger partial charge in [-0.25, -0.2) is 0 Å². The fraction of sp³-hybridized carbons (Fsp3) is 1.00. The molecule has 2 saturated carbocycles. The van der Waals surface area contributed by atoms with Crippen LogP contribution in [0.4, 0.5) is 0 Å². The van der Waals surface area contributed by atoms with E-state index < -0.39 is 17.8 Å². The molecule has 2 aliphatic rings. The van der Waals surface area contributed by atoms with Gasteiger partial charge in [-0.2, -0.15) is 0 Å². The molecule has 0 aromatic heterocycles. The van der Waals surface area contributed by atoms with Crippen LogP contribution in [0, 0.1) is 23.2 Å². The summed E-state index contributed by atoms with van der Waals surface area (Å²) in [5.41, 5.74) is -1.20. The molecule has 0 unspecified atom stereocenters. The van der Waals surface area contributed by atoms with E-state index in [4.69, 9.17) is 0 Å². The van der Waals surface area contributed by atoms with Crippen molar-refractivity contribution in [2.45, 2.75) is 71.2 Å². The average Bonchev–Trinajstić information content (AvgIpc) is 2.23. The second-order valence-electron chi connectivity index (χ2n) is 7.33. The Hall–Kier alpha value is -0.120. The van der Waals surface area contributed by atoms with Gasteiger partial charge in [0.05, 0.1) is 17.8 Å². The molecule has 2 aliphatic carbocycles. The Morgan fingerprint density at radius 2 is 1.67 bits per heavy atom. The molecule has 0 aliphatic heterocycles. The molecule has 6 atom stereocenters. The molecule has 0 aromatic carbocycles. The lowest BCUT2D eigenvalue weighted by Crippen LogP contribution is -2.63. The highest BCUT2D eigenvalue weighted by atomic mass is 16.3. The van der Waals surface area contributed by atoms with Crippen molar-refractivity contribution in [2.75, 3.05) is 0 Å². The van der Waals surface area contributed by atoms with Gasteiger partial charge in [-0.3, -0.25) is 0 Å². The minimum absolute atomic E-state index is 0.213. The summed E-state index contributed by atoms with van der Waals surface area (Å²) < 4.78 is 0. The van der Waals surface area contributed by atoms with Crippen LogP contribution in [0.25, 0.3) is 0 Å². The summed E-state index contributed by atoms with van der Waals surface area (Å²) in [4.78, 5) is 0. The molecular weight excluding hydrogens is 228 g/mol. The highest BCUT2D eigenvalue weighted by Gasteiger charge is 2.59. The Bertz CT molecular complexity index is 313. The van der Waals surface area contributed by atoms with Gasteiger partial charge in [0.25, 0.3) is 0 Å². The first-order valence-corrected chi connectivity index (χ1v) is 7.28. The van der Waals surface area contributed by atoms with Gasteiger partial charge in [0, 0.05) is 11.3 Å². The van der Waals surface area contributed by atoms with Crippen LogP contribution in [-0.2, 0) is 0 Å². The zero-order valence-corrected chi connectivity index (χ0v) is 12.1. The molecule has 2 fully saturated rings. The molecule has 3 N–H and O–H groups in total. The van der Waals surface area contributed by atoms with Crippen molar-refractivity contribution in [3.63, 3.8) is 0 Å². The maximum atomic E-state index is 10.7. The summed E-state index contributed by atoms with van der Waals surface area (Å²) in [6.07, 6.45) is 2.16. The van der Waals surface area contributed by atoms with Crippen LogP contribution >= 0.6 is 0 Å². The lowest BCUT2D eigenvalue weighted by atomic mass is 9.50. The first-order chi connectivity index (χ1) is 8.20. The predicted octanol–water partition coefficient (Wildman–Crippen LogP) is 1.94. The van der Waals surface area contributed by atoms with Gasteiger partial charge < -0.3 is 15.3 Å². The normalized spacial score (nSPS) is 53.3. The van der Waals surface area contributed by atoms with E-state index in [-0.39, 0.29) is 17.3 Å². The molecule has 0 radical (unpaired) electrons. The zero-order valence-electron chi connectivity index (χ0n) is 12.1.